The number of rotatable bonds is 5. The Bertz CT molecular complexity index is 769. The molecule has 23 heavy (non-hydrogen) atoms. The van der Waals surface area contributed by atoms with E-state index < -0.39 is 0 Å². The highest BCUT2D eigenvalue weighted by Crippen LogP contribution is 2.31. The number of aromatic nitrogens is 2. The van der Waals surface area contributed by atoms with Crippen molar-refractivity contribution in [2.45, 2.75) is 26.4 Å². The zero-order valence-electron chi connectivity index (χ0n) is 13.1. The molecule has 0 fully saturated rings. The highest BCUT2D eigenvalue weighted by Gasteiger charge is 2.15. The molecule has 1 atom stereocenters. The second-order valence-corrected chi connectivity index (χ2v) is 6.47. The number of pyridine rings is 1. The maximum Gasteiger partial charge on any atom is 0.123 e. The first kappa shape index (κ1) is 15.8. The van der Waals surface area contributed by atoms with E-state index >= 15 is 0 Å². The Hall–Kier alpha value is -2.11. The van der Waals surface area contributed by atoms with Gasteiger partial charge in [-0.1, -0.05) is 6.07 Å². The fraction of sp³-hybridized carbons (Fsp3) is 0.222. The lowest BCUT2D eigenvalue weighted by atomic mass is 10.2. The summed E-state index contributed by atoms with van der Waals surface area (Å²) >= 11 is 1.65. The summed E-state index contributed by atoms with van der Waals surface area (Å²) < 4.78 is 13.0. The van der Waals surface area contributed by atoms with Crippen molar-refractivity contribution < 1.29 is 4.39 Å². The third kappa shape index (κ3) is 3.81. The summed E-state index contributed by atoms with van der Waals surface area (Å²) in [7, 11) is 0. The summed E-state index contributed by atoms with van der Waals surface area (Å²) in [5, 5.41) is 4.42. The van der Waals surface area contributed by atoms with Crippen LogP contribution in [0.2, 0.25) is 0 Å². The molecule has 0 unspecified atom stereocenters. The quantitative estimate of drug-likeness (QED) is 0.749. The molecule has 0 spiro atoms. The smallest absolute Gasteiger partial charge is 0.123 e. The fourth-order valence-corrected chi connectivity index (χ4v) is 3.49. The summed E-state index contributed by atoms with van der Waals surface area (Å²) in [5.74, 6) is -0.228. The Morgan fingerprint density at radius 2 is 2.00 bits per heavy atom. The van der Waals surface area contributed by atoms with Crippen molar-refractivity contribution in [2.75, 3.05) is 0 Å². The van der Waals surface area contributed by atoms with Crippen LogP contribution in [0.25, 0.3) is 10.6 Å². The van der Waals surface area contributed by atoms with Crippen LogP contribution in [0.15, 0.2) is 48.8 Å². The Kier molecular flexibility index (Phi) is 4.79. The van der Waals surface area contributed by atoms with Crippen LogP contribution in [0, 0.1) is 12.7 Å². The van der Waals surface area contributed by atoms with Crippen molar-refractivity contribution in [2.24, 2.45) is 0 Å². The molecular weight excluding hydrogens is 309 g/mol. The summed E-state index contributed by atoms with van der Waals surface area (Å²) in [6, 6.07) is 10.7. The monoisotopic (exact) mass is 327 g/mol. The van der Waals surface area contributed by atoms with E-state index in [0.29, 0.717) is 0 Å². The van der Waals surface area contributed by atoms with Crippen LogP contribution in [0.3, 0.4) is 0 Å². The van der Waals surface area contributed by atoms with Gasteiger partial charge in [0.2, 0.25) is 0 Å². The van der Waals surface area contributed by atoms with E-state index in [9.17, 15) is 4.39 Å². The Labute approximate surface area is 139 Å². The first-order valence-electron chi connectivity index (χ1n) is 7.49. The van der Waals surface area contributed by atoms with Gasteiger partial charge in [-0.25, -0.2) is 9.37 Å². The van der Waals surface area contributed by atoms with Crippen molar-refractivity contribution in [3.63, 3.8) is 0 Å². The van der Waals surface area contributed by atoms with Gasteiger partial charge in [0.25, 0.3) is 0 Å². The number of nitrogens with one attached hydrogen (secondary N) is 1. The molecule has 0 saturated heterocycles. The number of nitrogens with zero attached hydrogens (tertiary/aromatic N) is 2. The van der Waals surface area contributed by atoms with Crippen LogP contribution in [0.4, 0.5) is 4.39 Å². The second-order valence-electron chi connectivity index (χ2n) is 5.44. The van der Waals surface area contributed by atoms with E-state index in [2.05, 4.69) is 28.3 Å². The molecule has 5 heteroatoms. The van der Waals surface area contributed by atoms with Crippen LogP contribution in [0.5, 0.6) is 0 Å². The molecule has 0 aliphatic rings. The van der Waals surface area contributed by atoms with Gasteiger partial charge < -0.3 is 5.32 Å². The molecule has 3 rings (SSSR count). The minimum atomic E-state index is -0.228. The van der Waals surface area contributed by atoms with E-state index in [-0.39, 0.29) is 11.9 Å². The molecule has 0 bridgehead atoms. The Balaban J connectivity index is 1.73. The van der Waals surface area contributed by atoms with Crippen molar-refractivity contribution in [3.05, 3.63) is 70.7 Å². The normalized spacial score (nSPS) is 12.3. The molecule has 118 valence electrons. The van der Waals surface area contributed by atoms with Gasteiger partial charge in [-0.15, -0.1) is 11.3 Å². The van der Waals surface area contributed by atoms with Crippen LogP contribution in [-0.2, 0) is 6.54 Å². The predicted octanol–water partition coefficient (Wildman–Crippen LogP) is 4.50. The number of aryl methyl sites for hydroxylation is 1. The third-order valence-electron chi connectivity index (χ3n) is 3.65. The second kappa shape index (κ2) is 6.98. The van der Waals surface area contributed by atoms with Gasteiger partial charge in [-0.3, -0.25) is 4.98 Å². The van der Waals surface area contributed by atoms with Gasteiger partial charge in [-0.2, -0.15) is 0 Å². The largest absolute Gasteiger partial charge is 0.305 e. The predicted molar refractivity (Wildman–Crippen MR) is 91.7 cm³/mol. The minimum Gasteiger partial charge on any atom is -0.305 e. The molecule has 0 radical (unpaired) electrons. The topological polar surface area (TPSA) is 37.8 Å². The van der Waals surface area contributed by atoms with Gasteiger partial charge in [-0.05, 0) is 49.7 Å². The summed E-state index contributed by atoms with van der Waals surface area (Å²) in [5.41, 5.74) is 3.12. The van der Waals surface area contributed by atoms with Gasteiger partial charge in [0, 0.05) is 35.4 Å². The minimum absolute atomic E-state index is 0.196. The summed E-state index contributed by atoms with van der Waals surface area (Å²) in [6.45, 7) is 4.91. The number of halogens is 1. The molecule has 1 aromatic carbocycles. The standard InChI is InChI=1S/C18H18FN3S/c1-12(21-11-14-4-3-9-20-10-14)17-13(2)22-18(23-17)15-5-7-16(19)8-6-15/h3-10,12,21H,11H2,1-2H3/t12-/m0/s1. The van der Waals surface area contributed by atoms with E-state index in [1.807, 2.05) is 19.2 Å². The maximum absolute atomic E-state index is 13.0. The first-order chi connectivity index (χ1) is 11.1. The van der Waals surface area contributed by atoms with E-state index in [4.69, 9.17) is 0 Å². The van der Waals surface area contributed by atoms with E-state index in [0.717, 1.165) is 28.4 Å². The maximum atomic E-state index is 13.0. The van der Waals surface area contributed by atoms with Crippen LogP contribution < -0.4 is 5.32 Å². The lowest BCUT2D eigenvalue weighted by Crippen LogP contribution is -2.17. The Morgan fingerprint density at radius 1 is 1.22 bits per heavy atom. The number of thiazole rings is 1. The SMILES string of the molecule is Cc1nc(-c2ccc(F)cc2)sc1[C@H](C)NCc1cccnc1. The highest BCUT2D eigenvalue weighted by molar-refractivity contribution is 7.15. The summed E-state index contributed by atoms with van der Waals surface area (Å²) in [4.78, 5) is 9.96. The molecule has 3 nitrogen and oxygen atoms in total. The van der Waals surface area contributed by atoms with Crippen molar-refractivity contribution >= 4 is 11.3 Å². The van der Waals surface area contributed by atoms with E-state index in [1.54, 1.807) is 29.7 Å². The Morgan fingerprint density at radius 3 is 2.70 bits per heavy atom. The molecule has 2 aromatic heterocycles. The zero-order chi connectivity index (χ0) is 16.2. The molecular formula is C18H18FN3S. The van der Waals surface area contributed by atoms with E-state index in [1.165, 1.54) is 17.0 Å². The van der Waals surface area contributed by atoms with Gasteiger partial charge >= 0.3 is 0 Å². The molecule has 0 amide bonds. The number of hydrogen-bond acceptors (Lipinski definition) is 4. The molecule has 0 saturated carbocycles. The number of hydrogen-bond donors (Lipinski definition) is 1. The molecule has 0 aliphatic heterocycles. The van der Waals surface area contributed by atoms with Gasteiger partial charge in [0.1, 0.15) is 10.8 Å². The highest BCUT2D eigenvalue weighted by atomic mass is 32.1. The molecule has 0 aliphatic carbocycles. The lowest BCUT2D eigenvalue weighted by molar-refractivity contribution is 0.578. The molecule has 3 aromatic rings. The van der Waals surface area contributed by atoms with Crippen LogP contribution in [0.1, 0.15) is 29.1 Å². The van der Waals surface area contributed by atoms with Crippen LogP contribution >= 0.6 is 11.3 Å². The fourth-order valence-electron chi connectivity index (χ4n) is 2.39. The van der Waals surface area contributed by atoms with Crippen molar-refractivity contribution in [3.8, 4) is 10.6 Å². The van der Waals surface area contributed by atoms with Crippen molar-refractivity contribution in [1.82, 2.24) is 15.3 Å². The average Bonchev–Trinajstić information content (AvgIpc) is 2.96. The summed E-state index contributed by atoms with van der Waals surface area (Å²) in [6.07, 6.45) is 3.64. The van der Waals surface area contributed by atoms with Crippen LogP contribution in [-0.4, -0.2) is 9.97 Å². The van der Waals surface area contributed by atoms with Gasteiger partial charge in [0.15, 0.2) is 0 Å². The first-order valence-corrected chi connectivity index (χ1v) is 8.30. The lowest BCUT2D eigenvalue weighted by Gasteiger charge is -2.12. The zero-order valence-corrected chi connectivity index (χ0v) is 13.9. The molecule has 2 heterocycles. The third-order valence-corrected chi connectivity index (χ3v) is 5.04. The average molecular weight is 327 g/mol. The molecule has 1 N–H and O–H groups in total. The van der Waals surface area contributed by atoms with Gasteiger partial charge in [0.05, 0.1) is 5.69 Å². The van der Waals surface area contributed by atoms with Crippen molar-refractivity contribution in [1.29, 1.82) is 0 Å². The number of benzene rings is 1.